The average Bonchev–Trinajstić information content (AvgIpc) is 3.12. The molecule has 0 bridgehead atoms. The van der Waals surface area contributed by atoms with Crippen molar-refractivity contribution in [1.29, 1.82) is 0 Å². The van der Waals surface area contributed by atoms with Crippen LogP contribution in [-0.2, 0) is 9.53 Å². The zero-order valence-electron chi connectivity index (χ0n) is 14.1. The number of carbonyl (C=O) groups is 1. The largest absolute Gasteiger partial charge is 0.494 e. The highest BCUT2D eigenvalue weighted by Crippen LogP contribution is 2.25. The lowest BCUT2D eigenvalue weighted by molar-refractivity contribution is -0.134. The first-order valence-corrected chi connectivity index (χ1v) is 9.30. The lowest BCUT2D eigenvalue weighted by Crippen LogP contribution is -2.40. The Bertz CT molecular complexity index is 683. The van der Waals surface area contributed by atoms with Gasteiger partial charge in [-0.25, -0.2) is 0 Å². The van der Waals surface area contributed by atoms with Gasteiger partial charge in [-0.1, -0.05) is 11.8 Å². The van der Waals surface area contributed by atoms with Crippen LogP contribution in [0.1, 0.15) is 13.3 Å². The van der Waals surface area contributed by atoms with Crippen LogP contribution in [0.15, 0.2) is 33.9 Å². The SMILES string of the molecule is CCOc1ccc(-c2nnc(SCCC(=O)N3CCOCC3)o2)cc1. The zero-order valence-corrected chi connectivity index (χ0v) is 15.0. The summed E-state index contributed by atoms with van der Waals surface area (Å²) in [5.41, 5.74) is 0.840. The molecule has 25 heavy (non-hydrogen) atoms. The Hall–Kier alpha value is -2.06. The predicted molar refractivity (Wildman–Crippen MR) is 93.6 cm³/mol. The molecule has 1 aromatic heterocycles. The van der Waals surface area contributed by atoms with Gasteiger partial charge in [-0.2, -0.15) is 0 Å². The highest BCUT2D eigenvalue weighted by atomic mass is 32.2. The first kappa shape index (κ1) is 17.8. The van der Waals surface area contributed by atoms with Gasteiger partial charge in [0.2, 0.25) is 11.8 Å². The third-order valence-corrected chi connectivity index (χ3v) is 4.54. The average molecular weight is 363 g/mol. The number of aromatic nitrogens is 2. The van der Waals surface area contributed by atoms with Crippen LogP contribution < -0.4 is 4.74 Å². The lowest BCUT2D eigenvalue weighted by atomic mass is 10.2. The molecule has 3 rings (SSSR count). The molecule has 134 valence electrons. The molecule has 0 spiro atoms. The molecule has 0 saturated carbocycles. The molecule has 2 heterocycles. The van der Waals surface area contributed by atoms with E-state index in [1.807, 2.05) is 36.1 Å². The highest BCUT2D eigenvalue weighted by molar-refractivity contribution is 7.99. The number of rotatable bonds is 7. The number of morpholine rings is 1. The number of carbonyl (C=O) groups excluding carboxylic acids is 1. The summed E-state index contributed by atoms with van der Waals surface area (Å²) in [6, 6.07) is 7.51. The molecule has 0 aliphatic carbocycles. The van der Waals surface area contributed by atoms with Crippen molar-refractivity contribution < 1.29 is 18.7 Å². The number of amides is 1. The Kier molecular flexibility index (Phi) is 6.30. The first-order valence-electron chi connectivity index (χ1n) is 8.31. The van der Waals surface area contributed by atoms with E-state index in [4.69, 9.17) is 13.9 Å². The summed E-state index contributed by atoms with van der Waals surface area (Å²) in [6.07, 6.45) is 0.450. The summed E-state index contributed by atoms with van der Waals surface area (Å²) in [7, 11) is 0. The quantitative estimate of drug-likeness (QED) is 0.699. The molecule has 0 unspecified atom stereocenters. The second-order valence-electron chi connectivity index (χ2n) is 5.42. The van der Waals surface area contributed by atoms with Crippen molar-refractivity contribution in [2.24, 2.45) is 0 Å². The van der Waals surface area contributed by atoms with Gasteiger partial charge in [0.25, 0.3) is 5.22 Å². The van der Waals surface area contributed by atoms with Crippen LogP contribution in [0.3, 0.4) is 0 Å². The van der Waals surface area contributed by atoms with Crippen LogP contribution in [0, 0.1) is 0 Å². The van der Waals surface area contributed by atoms with Gasteiger partial charge in [0.05, 0.1) is 19.8 Å². The normalized spacial score (nSPS) is 14.5. The predicted octanol–water partition coefficient (Wildman–Crippen LogP) is 2.48. The summed E-state index contributed by atoms with van der Waals surface area (Å²) < 4.78 is 16.3. The Labute approximate surface area is 150 Å². The Morgan fingerprint density at radius 3 is 2.72 bits per heavy atom. The van der Waals surface area contributed by atoms with Crippen LogP contribution >= 0.6 is 11.8 Å². The van der Waals surface area contributed by atoms with E-state index in [0.29, 0.717) is 56.2 Å². The summed E-state index contributed by atoms with van der Waals surface area (Å²) in [5.74, 6) is 2.02. The van der Waals surface area contributed by atoms with E-state index in [-0.39, 0.29) is 5.91 Å². The van der Waals surface area contributed by atoms with E-state index < -0.39 is 0 Å². The van der Waals surface area contributed by atoms with Gasteiger partial charge in [-0.3, -0.25) is 4.79 Å². The van der Waals surface area contributed by atoms with Crippen molar-refractivity contribution in [2.45, 2.75) is 18.6 Å². The van der Waals surface area contributed by atoms with E-state index in [0.717, 1.165) is 11.3 Å². The third kappa shape index (κ3) is 4.96. The van der Waals surface area contributed by atoms with Gasteiger partial charge >= 0.3 is 0 Å². The van der Waals surface area contributed by atoms with Gasteiger partial charge < -0.3 is 18.8 Å². The summed E-state index contributed by atoms with van der Waals surface area (Å²) in [4.78, 5) is 13.9. The molecule has 0 atom stereocenters. The molecule has 1 fully saturated rings. The van der Waals surface area contributed by atoms with Crippen molar-refractivity contribution in [2.75, 3.05) is 38.7 Å². The fourth-order valence-corrected chi connectivity index (χ4v) is 3.13. The molecule has 0 N–H and O–H groups in total. The van der Waals surface area contributed by atoms with Gasteiger partial charge in [-0.15, -0.1) is 10.2 Å². The molecule has 2 aromatic rings. The van der Waals surface area contributed by atoms with E-state index in [1.54, 1.807) is 0 Å². The number of hydrogen-bond donors (Lipinski definition) is 0. The van der Waals surface area contributed by atoms with Crippen LogP contribution in [0.25, 0.3) is 11.5 Å². The fourth-order valence-electron chi connectivity index (χ4n) is 2.44. The second kappa shape index (κ2) is 8.87. The standard InChI is InChI=1S/C17H21N3O4S/c1-2-23-14-5-3-13(4-6-14)16-18-19-17(24-16)25-12-7-15(21)20-8-10-22-11-9-20/h3-6H,2,7-12H2,1H3. The number of thioether (sulfide) groups is 1. The van der Waals surface area contributed by atoms with Gasteiger partial charge in [0.15, 0.2) is 0 Å². The smallest absolute Gasteiger partial charge is 0.276 e. The van der Waals surface area contributed by atoms with E-state index in [2.05, 4.69) is 10.2 Å². The maximum Gasteiger partial charge on any atom is 0.276 e. The van der Waals surface area contributed by atoms with E-state index in [1.165, 1.54) is 11.8 Å². The number of hydrogen-bond acceptors (Lipinski definition) is 7. The summed E-state index contributed by atoms with van der Waals surface area (Å²) in [5, 5.41) is 8.56. The van der Waals surface area contributed by atoms with Gasteiger partial charge in [0.1, 0.15) is 5.75 Å². The van der Waals surface area contributed by atoms with Crippen LogP contribution in [0.2, 0.25) is 0 Å². The fraction of sp³-hybridized carbons (Fsp3) is 0.471. The monoisotopic (exact) mass is 363 g/mol. The molecular weight excluding hydrogens is 342 g/mol. The van der Waals surface area contributed by atoms with Crippen LogP contribution in [-0.4, -0.2) is 59.7 Å². The number of ether oxygens (including phenoxy) is 2. The van der Waals surface area contributed by atoms with Crippen LogP contribution in [0.5, 0.6) is 5.75 Å². The number of nitrogens with zero attached hydrogens (tertiary/aromatic N) is 3. The molecule has 1 aliphatic rings. The molecule has 1 aliphatic heterocycles. The topological polar surface area (TPSA) is 77.7 Å². The Balaban J connectivity index is 1.48. The third-order valence-electron chi connectivity index (χ3n) is 3.72. The molecule has 1 saturated heterocycles. The Morgan fingerprint density at radius 1 is 1.24 bits per heavy atom. The van der Waals surface area contributed by atoms with Crippen molar-refractivity contribution in [1.82, 2.24) is 15.1 Å². The van der Waals surface area contributed by atoms with Crippen LogP contribution in [0.4, 0.5) is 0 Å². The second-order valence-corrected chi connectivity index (χ2v) is 6.47. The Morgan fingerprint density at radius 2 is 2.00 bits per heavy atom. The van der Waals surface area contributed by atoms with Crippen molar-refractivity contribution in [3.63, 3.8) is 0 Å². The molecule has 1 aromatic carbocycles. The zero-order chi connectivity index (χ0) is 17.5. The molecule has 8 heteroatoms. The highest BCUT2D eigenvalue weighted by Gasteiger charge is 2.17. The minimum Gasteiger partial charge on any atom is -0.494 e. The van der Waals surface area contributed by atoms with E-state index in [9.17, 15) is 4.79 Å². The summed E-state index contributed by atoms with van der Waals surface area (Å²) in [6.45, 7) is 5.16. The van der Waals surface area contributed by atoms with Gasteiger partial charge in [0, 0.05) is 30.8 Å². The molecular formula is C17H21N3O4S. The first-order chi connectivity index (χ1) is 12.3. The van der Waals surface area contributed by atoms with Crippen molar-refractivity contribution in [3.8, 4) is 17.2 Å². The summed E-state index contributed by atoms with van der Waals surface area (Å²) >= 11 is 1.40. The number of benzene rings is 1. The molecule has 0 radical (unpaired) electrons. The maximum absolute atomic E-state index is 12.1. The lowest BCUT2D eigenvalue weighted by Gasteiger charge is -2.26. The minimum absolute atomic E-state index is 0.141. The van der Waals surface area contributed by atoms with Crippen molar-refractivity contribution in [3.05, 3.63) is 24.3 Å². The van der Waals surface area contributed by atoms with Crippen molar-refractivity contribution >= 4 is 17.7 Å². The molecule has 1 amide bonds. The van der Waals surface area contributed by atoms with Gasteiger partial charge in [-0.05, 0) is 31.2 Å². The molecule has 7 nitrogen and oxygen atoms in total. The van der Waals surface area contributed by atoms with E-state index >= 15 is 0 Å². The minimum atomic E-state index is 0.141. The maximum atomic E-state index is 12.1.